The minimum absolute atomic E-state index is 0.116. The fourth-order valence-corrected chi connectivity index (χ4v) is 5.08. The topological polar surface area (TPSA) is 64.0 Å². The van der Waals surface area contributed by atoms with E-state index in [1.807, 2.05) is 32.9 Å². The van der Waals surface area contributed by atoms with Gasteiger partial charge >= 0.3 is 0 Å². The highest BCUT2D eigenvalue weighted by atomic mass is 35.5. The second-order valence-corrected chi connectivity index (χ2v) is 9.77. The van der Waals surface area contributed by atoms with Gasteiger partial charge in [0.2, 0.25) is 5.95 Å². The van der Waals surface area contributed by atoms with E-state index in [9.17, 15) is 8.42 Å². The third-order valence-electron chi connectivity index (χ3n) is 4.99. The van der Waals surface area contributed by atoms with E-state index in [1.54, 1.807) is 42.5 Å². The van der Waals surface area contributed by atoms with Gasteiger partial charge in [-0.2, -0.15) is 0 Å². The molecule has 5 nitrogen and oxygen atoms in total. The Hall–Kier alpha value is -2.54. The molecule has 4 aromatic rings. The summed E-state index contributed by atoms with van der Waals surface area (Å²) < 4.78 is 28.4. The van der Waals surface area contributed by atoms with Gasteiger partial charge in [-0.05, 0) is 68.3 Å². The number of benzene rings is 3. The number of imidazole rings is 1. The number of nitrogens with zero attached hydrogens (tertiary/aromatic N) is 2. The lowest BCUT2D eigenvalue weighted by atomic mass is 10.1. The first-order valence-corrected chi connectivity index (χ1v) is 11.4. The summed E-state index contributed by atoms with van der Waals surface area (Å²) in [4.78, 5) is 4.72. The molecule has 0 amide bonds. The maximum Gasteiger partial charge on any atom is 0.271 e. The molecule has 3 aromatic carbocycles. The van der Waals surface area contributed by atoms with Crippen molar-refractivity contribution < 1.29 is 8.42 Å². The highest BCUT2D eigenvalue weighted by Gasteiger charge is 2.26. The predicted octanol–water partition coefficient (Wildman–Crippen LogP) is 6.25. The van der Waals surface area contributed by atoms with Crippen molar-refractivity contribution >= 4 is 55.9 Å². The molecular formula is C22H19Cl2N3O2S. The number of hydrogen-bond acceptors (Lipinski definition) is 4. The smallest absolute Gasteiger partial charge is 0.271 e. The third kappa shape index (κ3) is 3.55. The van der Waals surface area contributed by atoms with E-state index >= 15 is 0 Å². The Morgan fingerprint density at radius 2 is 1.50 bits per heavy atom. The monoisotopic (exact) mass is 459 g/mol. The minimum atomic E-state index is -3.94. The highest BCUT2D eigenvalue weighted by molar-refractivity contribution is 7.90. The Morgan fingerprint density at radius 3 is 2.13 bits per heavy atom. The lowest BCUT2D eigenvalue weighted by Crippen LogP contribution is -2.15. The molecule has 0 unspecified atom stereocenters. The predicted molar refractivity (Wildman–Crippen MR) is 123 cm³/mol. The van der Waals surface area contributed by atoms with Gasteiger partial charge in [-0.15, -0.1) is 0 Å². The molecule has 30 heavy (non-hydrogen) atoms. The van der Waals surface area contributed by atoms with Crippen LogP contribution in [0.2, 0.25) is 10.0 Å². The van der Waals surface area contributed by atoms with E-state index in [-0.39, 0.29) is 10.8 Å². The van der Waals surface area contributed by atoms with Crippen molar-refractivity contribution in [2.75, 3.05) is 5.32 Å². The maximum atomic E-state index is 13.6. The van der Waals surface area contributed by atoms with Crippen molar-refractivity contribution in [1.82, 2.24) is 8.96 Å². The largest absolute Gasteiger partial charge is 0.322 e. The zero-order valence-corrected chi connectivity index (χ0v) is 18.9. The van der Waals surface area contributed by atoms with Crippen molar-refractivity contribution in [1.29, 1.82) is 0 Å². The summed E-state index contributed by atoms with van der Waals surface area (Å²) >= 11 is 12.6. The molecule has 0 fully saturated rings. The average Bonchev–Trinajstić information content (AvgIpc) is 3.03. The van der Waals surface area contributed by atoms with Crippen molar-refractivity contribution in [2.45, 2.75) is 25.7 Å². The van der Waals surface area contributed by atoms with E-state index in [0.29, 0.717) is 26.8 Å². The van der Waals surface area contributed by atoms with Gasteiger partial charge in [-0.25, -0.2) is 17.4 Å². The summed E-state index contributed by atoms with van der Waals surface area (Å²) in [6.07, 6.45) is 0. The Balaban J connectivity index is 2.00. The standard InChI is InChI=1S/C22H19Cl2N3O2S/c1-13-7-9-16(10-8-13)30(28,29)27-20-12-15(3)14(2)11-19(20)25-22(27)26-21-17(23)5-4-6-18(21)24/h4-12H,1-3H3,(H,25,26). The second kappa shape index (κ2) is 7.61. The number of aryl methyl sites for hydroxylation is 3. The van der Waals surface area contributed by atoms with Gasteiger partial charge in [0.05, 0.1) is 31.7 Å². The van der Waals surface area contributed by atoms with E-state index < -0.39 is 10.0 Å². The molecule has 154 valence electrons. The van der Waals surface area contributed by atoms with Gasteiger partial charge in [-0.1, -0.05) is 47.0 Å². The summed E-state index contributed by atoms with van der Waals surface area (Å²) in [5.74, 6) is 0.116. The summed E-state index contributed by atoms with van der Waals surface area (Å²) in [7, 11) is -3.94. The third-order valence-corrected chi connectivity index (χ3v) is 7.34. The van der Waals surface area contributed by atoms with Crippen molar-refractivity contribution in [3.05, 3.63) is 81.3 Å². The first kappa shape index (κ1) is 20.7. The molecule has 0 saturated heterocycles. The van der Waals surface area contributed by atoms with Gasteiger partial charge in [0.1, 0.15) is 0 Å². The van der Waals surface area contributed by atoms with Crippen LogP contribution in [0.25, 0.3) is 11.0 Å². The molecule has 0 bridgehead atoms. The number of aromatic nitrogens is 2. The number of fused-ring (bicyclic) bond motifs is 1. The molecular weight excluding hydrogens is 441 g/mol. The normalized spacial score (nSPS) is 11.8. The molecule has 1 aromatic heterocycles. The Labute approximate surface area is 185 Å². The van der Waals surface area contributed by atoms with Crippen LogP contribution in [0, 0.1) is 20.8 Å². The van der Waals surface area contributed by atoms with Crippen LogP contribution in [0.1, 0.15) is 16.7 Å². The fraction of sp³-hybridized carbons (Fsp3) is 0.136. The zero-order chi connectivity index (χ0) is 21.6. The molecule has 1 N–H and O–H groups in total. The zero-order valence-electron chi connectivity index (χ0n) is 16.6. The van der Waals surface area contributed by atoms with E-state index in [4.69, 9.17) is 23.2 Å². The Kier molecular flexibility index (Phi) is 5.26. The lowest BCUT2D eigenvalue weighted by Gasteiger charge is -2.14. The molecule has 4 rings (SSSR count). The average molecular weight is 460 g/mol. The van der Waals surface area contributed by atoms with Crippen LogP contribution in [0.15, 0.2) is 59.5 Å². The van der Waals surface area contributed by atoms with Gasteiger partial charge in [-0.3, -0.25) is 0 Å². The van der Waals surface area contributed by atoms with E-state index in [0.717, 1.165) is 16.7 Å². The highest BCUT2D eigenvalue weighted by Crippen LogP contribution is 2.35. The molecule has 0 aliphatic carbocycles. The van der Waals surface area contributed by atoms with Crippen LogP contribution >= 0.6 is 23.2 Å². The lowest BCUT2D eigenvalue weighted by molar-refractivity contribution is 0.589. The van der Waals surface area contributed by atoms with Gasteiger partial charge in [0.25, 0.3) is 10.0 Å². The summed E-state index contributed by atoms with van der Waals surface area (Å²) in [6.45, 7) is 5.80. The number of rotatable bonds is 4. The maximum absolute atomic E-state index is 13.6. The van der Waals surface area contributed by atoms with Crippen molar-refractivity contribution in [2.24, 2.45) is 0 Å². The summed E-state index contributed by atoms with van der Waals surface area (Å²) in [6, 6.07) is 15.5. The molecule has 0 radical (unpaired) electrons. The van der Waals surface area contributed by atoms with Crippen LogP contribution in [-0.2, 0) is 10.0 Å². The number of hydrogen-bond donors (Lipinski definition) is 1. The SMILES string of the molecule is Cc1ccc(S(=O)(=O)n2c(Nc3c(Cl)cccc3Cl)nc3cc(C)c(C)cc32)cc1. The Morgan fingerprint density at radius 1 is 0.900 bits per heavy atom. The van der Waals surface area contributed by atoms with Gasteiger partial charge in [0.15, 0.2) is 0 Å². The van der Waals surface area contributed by atoms with Gasteiger partial charge in [0, 0.05) is 0 Å². The van der Waals surface area contributed by atoms with Crippen LogP contribution in [0.4, 0.5) is 11.6 Å². The molecule has 0 saturated carbocycles. The first-order chi connectivity index (χ1) is 14.2. The van der Waals surface area contributed by atoms with Crippen molar-refractivity contribution in [3.8, 4) is 0 Å². The number of halogens is 2. The van der Waals surface area contributed by atoms with Crippen LogP contribution in [0.3, 0.4) is 0 Å². The molecule has 0 spiro atoms. The summed E-state index contributed by atoms with van der Waals surface area (Å²) in [5.41, 5.74) is 4.37. The first-order valence-electron chi connectivity index (χ1n) is 9.21. The molecule has 0 aliphatic rings. The minimum Gasteiger partial charge on any atom is -0.322 e. The van der Waals surface area contributed by atoms with Crippen LogP contribution in [0.5, 0.6) is 0 Å². The Bertz CT molecular complexity index is 1360. The van der Waals surface area contributed by atoms with Crippen molar-refractivity contribution in [3.63, 3.8) is 0 Å². The second-order valence-electron chi connectivity index (χ2n) is 7.16. The quantitative estimate of drug-likeness (QED) is 0.391. The fourth-order valence-electron chi connectivity index (χ4n) is 3.18. The number of nitrogens with one attached hydrogen (secondary N) is 1. The van der Waals surface area contributed by atoms with Gasteiger partial charge < -0.3 is 5.32 Å². The molecule has 8 heteroatoms. The van der Waals surface area contributed by atoms with E-state index in [1.165, 1.54) is 3.97 Å². The van der Waals surface area contributed by atoms with E-state index in [2.05, 4.69) is 10.3 Å². The molecule has 0 atom stereocenters. The molecule has 1 heterocycles. The van der Waals surface area contributed by atoms with Crippen LogP contribution < -0.4 is 5.32 Å². The molecule has 0 aliphatic heterocycles. The number of para-hydroxylation sites is 1. The number of anilines is 2. The van der Waals surface area contributed by atoms with Crippen LogP contribution in [-0.4, -0.2) is 17.4 Å². The summed E-state index contributed by atoms with van der Waals surface area (Å²) in [5, 5.41) is 3.76.